The molecule has 78 valence electrons. The van der Waals surface area contributed by atoms with Gasteiger partial charge in [0.15, 0.2) is 0 Å². The lowest BCUT2D eigenvalue weighted by Crippen LogP contribution is -2.04. The number of nitrogens with two attached hydrogens (primary N) is 1. The first-order chi connectivity index (χ1) is 7.18. The summed E-state index contributed by atoms with van der Waals surface area (Å²) in [6.45, 7) is 1.79. The van der Waals surface area contributed by atoms with E-state index in [1.165, 1.54) is 12.3 Å². The summed E-state index contributed by atoms with van der Waals surface area (Å²) in [5.74, 6) is -0.0871. The van der Waals surface area contributed by atoms with Crippen LogP contribution in [0.1, 0.15) is 18.7 Å². The number of aromatic nitrogens is 1. The van der Waals surface area contributed by atoms with Crippen LogP contribution in [-0.2, 0) is 0 Å². The number of halogens is 1. The largest absolute Gasteiger partial charge is 0.444 e. The molecule has 0 saturated heterocycles. The van der Waals surface area contributed by atoms with Crippen molar-refractivity contribution in [1.82, 2.24) is 4.98 Å². The zero-order chi connectivity index (χ0) is 10.8. The second kappa shape index (κ2) is 3.82. The summed E-state index contributed by atoms with van der Waals surface area (Å²) in [7, 11) is 0. The number of benzene rings is 1. The van der Waals surface area contributed by atoms with Crippen LogP contribution >= 0.6 is 0 Å². The Morgan fingerprint density at radius 1 is 1.40 bits per heavy atom. The minimum Gasteiger partial charge on any atom is -0.444 e. The van der Waals surface area contributed by atoms with Crippen LogP contribution in [0.4, 0.5) is 4.39 Å². The Labute approximate surface area is 86.7 Å². The Morgan fingerprint density at radius 3 is 2.73 bits per heavy atom. The molecule has 1 atom stereocenters. The molecule has 0 aliphatic rings. The number of oxazole rings is 1. The maximum atomic E-state index is 13.4. The highest BCUT2D eigenvalue weighted by atomic mass is 19.1. The van der Waals surface area contributed by atoms with Gasteiger partial charge in [0.2, 0.25) is 5.89 Å². The molecule has 0 bridgehead atoms. The van der Waals surface area contributed by atoms with Gasteiger partial charge in [0.25, 0.3) is 0 Å². The highest BCUT2D eigenvalue weighted by molar-refractivity contribution is 5.53. The van der Waals surface area contributed by atoms with Crippen LogP contribution in [0.3, 0.4) is 0 Å². The third kappa shape index (κ3) is 1.89. The summed E-state index contributed by atoms with van der Waals surface area (Å²) in [6, 6.07) is 6.12. The quantitative estimate of drug-likeness (QED) is 0.821. The second-order valence-electron chi connectivity index (χ2n) is 3.35. The van der Waals surface area contributed by atoms with E-state index in [4.69, 9.17) is 10.2 Å². The first kappa shape index (κ1) is 9.86. The number of hydrogen-bond donors (Lipinski definition) is 1. The minimum atomic E-state index is -0.351. The molecule has 1 aromatic carbocycles. The molecule has 15 heavy (non-hydrogen) atoms. The molecule has 0 saturated carbocycles. The van der Waals surface area contributed by atoms with Crippen molar-refractivity contribution in [2.45, 2.75) is 13.0 Å². The van der Waals surface area contributed by atoms with E-state index in [9.17, 15) is 4.39 Å². The molecule has 0 amide bonds. The highest BCUT2D eigenvalue weighted by Gasteiger charge is 2.12. The monoisotopic (exact) mass is 206 g/mol. The van der Waals surface area contributed by atoms with E-state index in [2.05, 4.69) is 4.98 Å². The van der Waals surface area contributed by atoms with Gasteiger partial charge >= 0.3 is 0 Å². The minimum absolute atomic E-state index is 0.214. The van der Waals surface area contributed by atoms with E-state index in [1.54, 1.807) is 25.1 Å². The standard InChI is InChI=1S/C11H11FN2O/c1-7(13)10-6-15-11(14-10)8-4-2-3-5-9(8)12/h2-7H,13H2,1H3/t7-/m1/s1. The summed E-state index contributed by atoms with van der Waals surface area (Å²) in [5, 5.41) is 0. The molecular formula is C11H11FN2O. The molecule has 2 N–H and O–H groups in total. The van der Waals surface area contributed by atoms with E-state index >= 15 is 0 Å². The molecule has 0 unspecified atom stereocenters. The third-order valence-electron chi connectivity index (χ3n) is 2.09. The molecule has 2 aromatic rings. The van der Waals surface area contributed by atoms with Gasteiger partial charge in [-0.15, -0.1) is 0 Å². The average Bonchev–Trinajstić information content (AvgIpc) is 2.67. The van der Waals surface area contributed by atoms with Crippen molar-refractivity contribution in [3.63, 3.8) is 0 Å². The van der Waals surface area contributed by atoms with Crippen LogP contribution in [0.5, 0.6) is 0 Å². The molecule has 3 nitrogen and oxygen atoms in total. The third-order valence-corrected chi connectivity index (χ3v) is 2.09. The van der Waals surface area contributed by atoms with Crippen LogP contribution < -0.4 is 5.73 Å². The second-order valence-corrected chi connectivity index (χ2v) is 3.35. The number of rotatable bonds is 2. The van der Waals surface area contributed by atoms with Gasteiger partial charge in [0.05, 0.1) is 11.3 Å². The summed E-state index contributed by atoms with van der Waals surface area (Å²) in [6.07, 6.45) is 1.45. The van der Waals surface area contributed by atoms with Gasteiger partial charge in [-0.3, -0.25) is 0 Å². The predicted octanol–water partition coefficient (Wildman–Crippen LogP) is 2.50. The normalized spacial score (nSPS) is 12.7. The Hall–Kier alpha value is -1.68. The van der Waals surface area contributed by atoms with E-state index in [-0.39, 0.29) is 17.7 Å². The summed E-state index contributed by atoms with van der Waals surface area (Å²) in [4.78, 5) is 4.11. The number of hydrogen-bond acceptors (Lipinski definition) is 3. The lowest BCUT2D eigenvalue weighted by atomic mass is 10.2. The Morgan fingerprint density at radius 2 is 2.13 bits per heavy atom. The SMILES string of the molecule is C[C@@H](N)c1coc(-c2ccccc2F)n1. The van der Waals surface area contributed by atoms with Crippen molar-refractivity contribution in [2.75, 3.05) is 0 Å². The lowest BCUT2D eigenvalue weighted by molar-refractivity contribution is 0.559. The smallest absolute Gasteiger partial charge is 0.229 e. The highest BCUT2D eigenvalue weighted by Crippen LogP contribution is 2.22. The summed E-state index contributed by atoms with van der Waals surface area (Å²) in [5.41, 5.74) is 6.60. The van der Waals surface area contributed by atoms with E-state index < -0.39 is 0 Å². The fourth-order valence-corrected chi connectivity index (χ4v) is 1.25. The van der Waals surface area contributed by atoms with Crippen molar-refractivity contribution in [3.05, 3.63) is 42.0 Å². The topological polar surface area (TPSA) is 52.0 Å². The van der Waals surface area contributed by atoms with Gasteiger partial charge in [0, 0.05) is 6.04 Å². The van der Waals surface area contributed by atoms with Crippen LogP contribution in [0.2, 0.25) is 0 Å². The van der Waals surface area contributed by atoms with E-state index in [0.29, 0.717) is 11.3 Å². The van der Waals surface area contributed by atoms with E-state index in [0.717, 1.165) is 0 Å². The Bertz CT molecular complexity index is 465. The molecule has 0 aliphatic heterocycles. The van der Waals surface area contributed by atoms with Crippen LogP contribution in [0.15, 0.2) is 34.9 Å². The first-order valence-electron chi connectivity index (χ1n) is 4.64. The Balaban J connectivity index is 2.42. The molecule has 0 fully saturated rings. The van der Waals surface area contributed by atoms with Crippen LogP contribution in [0, 0.1) is 5.82 Å². The molecule has 1 heterocycles. The van der Waals surface area contributed by atoms with Crippen LogP contribution in [-0.4, -0.2) is 4.98 Å². The van der Waals surface area contributed by atoms with Crippen LogP contribution in [0.25, 0.3) is 11.5 Å². The van der Waals surface area contributed by atoms with Gasteiger partial charge in [-0.1, -0.05) is 12.1 Å². The van der Waals surface area contributed by atoms with Crippen molar-refractivity contribution in [2.24, 2.45) is 5.73 Å². The Kier molecular flexibility index (Phi) is 2.51. The lowest BCUT2D eigenvalue weighted by Gasteiger charge is -1.97. The maximum absolute atomic E-state index is 13.4. The molecule has 0 radical (unpaired) electrons. The van der Waals surface area contributed by atoms with E-state index in [1.807, 2.05) is 0 Å². The van der Waals surface area contributed by atoms with Crippen molar-refractivity contribution in [3.8, 4) is 11.5 Å². The first-order valence-corrected chi connectivity index (χ1v) is 4.64. The molecule has 0 aliphatic carbocycles. The molecular weight excluding hydrogens is 195 g/mol. The van der Waals surface area contributed by atoms with Crippen molar-refractivity contribution >= 4 is 0 Å². The van der Waals surface area contributed by atoms with Crippen molar-refractivity contribution in [1.29, 1.82) is 0 Å². The van der Waals surface area contributed by atoms with Gasteiger partial charge < -0.3 is 10.2 Å². The maximum Gasteiger partial charge on any atom is 0.229 e. The molecule has 2 rings (SSSR count). The van der Waals surface area contributed by atoms with Gasteiger partial charge in [-0.25, -0.2) is 9.37 Å². The fourth-order valence-electron chi connectivity index (χ4n) is 1.25. The number of nitrogens with zero attached hydrogens (tertiary/aromatic N) is 1. The average molecular weight is 206 g/mol. The summed E-state index contributed by atoms with van der Waals surface area (Å²) < 4.78 is 18.5. The zero-order valence-electron chi connectivity index (χ0n) is 8.27. The molecule has 4 heteroatoms. The van der Waals surface area contributed by atoms with Gasteiger partial charge in [0.1, 0.15) is 12.1 Å². The van der Waals surface area contributed by atoms with Crippen molar-refractivity contribution < 1.29 is 8.81 Å². The summed E-state index contributed by atoms with van der Waals surface area (Å²) >= 11 is 0. The fraction of sp³-hybridized carbons (Fsp3) is 0.182. The zero-order valence-corrected chi connectivity index (χ0v) is 8.27. The molecule has 1 aromatic heterocycles. The predicted molar refractivity (Wildman–Crippen MR) is 54.5 cm³/mol. The van der Waals surface area contributed by atoms with Gasteiger partial charge in [-0.2, -0.15) is 0 Å². The molecule has 0 spiro atoms. The van der Waals surface area contributed by atoms with Gasteiger partial charge in [-0.05, 0) is 19.1 Å².